The van der Waals surface area contributed by atoms with E-state index in [1.54, 1.807) is 12.1 Å². The van der Waals surface area contributed by atoms with Crippen LogP contribution in [-0.4, -0.2) is 12.5 Å². The third-order valence-corrected chi connectivity index (χ3v) is 3.72. The highest BCUT2D eigenvalue weighted by molar-refractivity contribution is 5.98. The lowest BCUT2D eigenvalue weighted by Gasteiger charge is -2.16. The summed E-state index contributed by atoms with van der Waals surface area (Å²) in [4.78, 5) is 11.2. The fraction of sp³-hybridized carbons (Fsp3) is 0.500. The van der Waals surface area contributed by atoms with Crippen molar-refractivity contribution in [1.82, 2.24) is 0 Å². The molecule has 1 aliphatic rings. The zero-order valence-electron chi connectivity index (χ0n) is 10.8. The van der Waals surface area contributed by atoms with Crippen LogP contribution in [0.1, 0.15) is 43.0 Å². The van der Waals surface area contributed by atoms with Gasteiger partial charge in [0, 0.05) is 17.9 Å². The van der Waals surface area contributed by atoms with Crippen molar-refractivity contribution >= 4 is 17.3 Å². The highest BCUT2D eigenvalue weighted by Gasteiger charge is 2.40. The molecule has 0 aliphatic heterocycles. The van der Waals surface area contributed by atoms with E-state index in [4.69, 9.17) is 11.5 Å². The highest BCUT2D eigenvalue weighted by atomic mass is 16.1. The molecule has 4 nitrogen and oxygen atoms in total. The van der Waals surface area contributed by atoms with Crippen LogP contribution in [0.5, 0.6) is 0 Å². The van der Waals surface area contributed by atoms with E-state index in [1.807, 2.05) is 6.07 Å². The molecule has 2 rings (SSSR count). The molecule has 0 unspecified atom stereocenters. The molecule has 1 aliphatic carbocycles. The Bertz CT molecular complexity index is 452. The lowest BCUT2D eigenvalue weighted by Crippen LogP contribution is -2.17. The SMILES string of the molecule is CCCC1(CNc2ccc(N)c(C(N)=O)c2)CC1. The van der Waals surface area contributed by atoms with Crippen LogP contribution in [0.4, 0.5) is 11.4 Å². The van der Waals surface area contributed by atoms with Gasteiger partial charge in [-0.3, -0.25) is 4.79 Å². The van der Waals surface area contributed by atoms with Crippen LogP contribution < -0.4 is 16.8 Å². The minimum Gasteiger partial charge on any atom is -0.398 e. The second kappa shape index (κ2) is 4.88. The van der Waals surface area contributed by atoms with E-state index in [0.717, 1.165) is 12.2 Å². The number of nitrogens with one attached hydrogen (secondary N) is 1. The summed E-state index contributed by atoms with van der Waals surface area (Å²) in [5.74, 6) is -0.481. The van der Waals surface area contributed by atoms with E-state index in [9.17, 15) is 4.79 Å². The van der Waals surface area contributed by atoms with Crippen LogP contribution in [-0.2, 0) is 0 Å². The smallest absolute Gasteiger partial charge is 0.250 e. The summed E-state index contributed by atoms with van der Waals surface area (Å²) in [7, 11) is 0. The summed E-state index contributed by atoms with van der Waals surface area (Å²) in [6.45, 7) is 3.18. The third kappa shape index (κ3) is 2.75. The number of nitrogen functional groups attached to an aromatic ring is 1. The van der Waals surface area contributed by atoms with Crippen LogP contribution in [0.15, 0.2) is 18.2 Å². The predicted octanol–water partition coefficient (Wildman–Crippen LogP) is 2.36. The van der Waals surface area contributed by atoms with Gasteiger partial charge < -0.3 is 16.8 Å². The standard InChI is InChI=1S/C14H21N3O/c1-2-5-14(6-7-14)9-17-10-3-4-12(15)11(8-10)13(16)18/h3-4,8,17H,2,5-7,9,15H2,1H3,(H2,16,18). The number of rotatable bonds is 6. The number of carbonyl (C=O) groups is 1. The summed E-state index contributed by atoms with van der Waals surface area (Å²) in [5, 5.41) is 3.39. The average molecular weight is 247 g/mol. The van der Waals surface area contributed by atoms with Gasteiger partial charge in [-0.2, -0.15) is 0 Å². The summed E-state index contributed by atoms with van der Waals surface area (Å²) >= 11 is 0. The largest absolute Gasteiger partial charge is 0.398 e. The van der Waals surface area contributed by atoms with Gasteiger partial charge in [0.15, 0.2) is 0 Å². The first kappa shape index (κ1) is 12.7. The molecule has 1 amide bonds. The quantitative estimate of drug-likeness (QED) is 0.675. The number of benzene rings is 1. The Labute approximate surface area is 108 Å². The molecule has 0 bridgehead atoms. The van der Waals surface area contributed by atoms with Crippen molar-refractivity contribution in [3.63, 3.8) is 0 Å². The van der Waals surface area contributed by atoms with Gasteiger partial charge in [-0.1, -0.05) is 13.3 Å². The first-order valence-corrected chi connectivity index (χ1v) is 6.49. The predicted molar refractivity (Wildman–Crippen MR) is 74.4 cm³/mol. The van der Waals surface area contributed by atoms with Gasteiger partial charge in [0.1, 0.15) is 0 Å². The Hall–Kier alpha value is -1.71. The lowest BCUT2D eigenvalue weighted by atomic mass is 10.0. The Morgan fingerprint density at radius 1 is 1.44 bits per heavy atom. The maximum atomic E-state index is 11.2. The number of hydrogen-bond donors (Lipinski definition) is 3. The Morgan fingerprint density at radius 2 is 2.17 bits per heavy atom. The minimum atomic E-state index is -0.481. The Morgan fingerprint density at radius 3 is 2.72 bits per heavy atom. The third-order valence-electron chi connectivity index (χ3n) is 3.72. The van der Waals surface area contributed by atoms with E-state index < -0.39 is 5.91 Å². The molecule has 4 heteroatoms. The molecular weight excluding hydrogens is 226 g/mol. The molecule has 98 valence electrons. The highest BCUT2D eigenvalue weighted by Crippen LogP contribution is 2.49. The first-order chi connectivity index (χ1) is 8.56. The molecule has 0 aromatic heterocycles. The number of carbonyl (C=O) groups excluding carboxylic acids is 1. The second-order valence-electron chi connectivity index (χ2n) is 5.27. The molecule has 1 aromatic rings. The van der Waals surface area contributed by atoms with E-state index in [2.05, 4.69) is 12.2 Å². The van der Waals surface area contributed by atoms with Gasteiger partial charge in [-0.05, 0) is 42.9 Å². The average Bonchev–Trinajstić information content (AvgIpc) is 3.08. The number of primary amides is 1. The molecule has 1 fully saturated rings. The molecule has 0 heterocycles. The number of hydrogen-bond acceptors (Lipinski definition) is 3. The van der Waals surface area contributed by atoms with Crippen molar-refractivity contribution in [2.45, 2.75) is 32.6 Å². The monoisotopic (exact) mass is 247 g/mol. The zero-order chi connectivity index (χ0) is 13.2. The van der Waals surface area contributed by atoms with Crippen LogP contribution in [0, 0.1) is 5.41 Å². The molecule has 0 spiro atoms. The van der Waals surface area contributed by atoms with E-state index in [-0.39, 0.29) is 0 Å². The summed E-state index contributed by atoms with van der Waals surface area (Å²) in [6.07, 6.45) is 5.07. The zero-order valence-corrected chi connectivity index (χ0v) is 10.8. The maximum absolute atomic E-state index is 11.2. The lowest BCUT2D eigenvalue weighted by molar-refractivity contribution is 0.100. The van der Waals surface area contributed by atoms with Gasteiger partial charge >= 0.3 is 0 Å². The van der Waals surface area contributed by atoms with Gasteiger partial charge in [0.2, 0.25) is 0 Å². The second-order valence-corrected chi connectivity index (χ2v) is 5.27. The van der Waals surface area contributed by atoms with Gasteiger partial charge in [0.05, 0.1) is 5.56 Å². The molecular formula is C14H21N3O. The van der Waals surface area contributed by atoms with Crippen molar-refractivity contribution in [2.24, 2.45) is 11.1 Å². The molecule has 5 N–H and O–H groups in total. The van der Waals surface area contributed by atoms with Crippen molar-refractivity contribution in [2.75, 3.05) is 17.6 Å². The van der Waals surface area contributed by atoms with Crippen LogP contribution in [0.3, 0.4) is 0 Å². The maximum Gasteiger partial charge on any atom is 0.250 e. The molecule has 1 saturated carbocycles. The fourth-order valence-electron chi connectivity index (χ4n) is 2.39. The van der Waals surface area contributed by atoms with E-state index in [1.165, 1.54) is 25.7 Å². The van der Waals surface area contributed by atoms with Crippen molar-refractivity contribution in [3.8, 4) is 0 Å². The molecule has 0 atom stereocenters. The van der Waals surface area contributed by atoms with E-state index >= 15 is 0 Å². The summed E-state index contributed by atoms with van der Waals surface area (Å²) in [5.41, 5.74) is 13.2. The van der Waals surface area contributed by atoms with Crippen molar-refractivity contribution in [1.29, 1.82) is 0 Å². The Kier molecular flexibility index (Phi) is 3.45. The number of anilines is 2. The van der Waals surface area contributed by atoms with Crippen molar-refractivity contribution < 1.29 is 4.79 Å². The molecule has 18 heavy (non-hydrogen) atoms. The topological polar surface area (TPSA) is 81.1 Å². The molecule has 0 saturated heterocycles. The number of amides is 1. The van der Waals surface area contributed by atoms with E-state index in [0.29, 0.717) is 16.7 Å². The first-order valence-electron chi connectivity index (χ1n) is 6.49. The van der Waals surface area contributed by atoms with Crippen LogP contribution in [0.25, 0.3) is 0 Å². The van der Waals surface area contributed by atoms with Crippen molar-refractivity contribution in [3.05, 3.63) is 23.8 Å². The molecule has 0 radical (unpaired) electrons. The van der Waals surface area contributed by atoms with Crippen LogP contribution in [0.2, 0.25) is 0 Å². The number of nitrogens with two attached hydrogens (primary N) is 2. The fourth-order valence-corrected chi connectivity index (χ4v) is 2.39. The molecule has 1 aromatic carbocycles. The van der Waals surface area contributed by atoms with Gasteiger partial charge in [-0.15, -0.1) is 0 Å². The normalized spacial score (nSPS) is 16.3. The minimum absolute atomic E-state index is 0.389. The van der Waals surface area contributed by atoms with Gasteiger partial charge in [-0.25, -0.2) is 0 Å². The van der Waals surface area contributed by atoms with Crippen LogP contribution >= 0.6 is 0 Å². The summed E-state index contributed by atoms with van der Waals surface area (Å²) in [6, 6.07) is 5.35. The Balaban J connectivity index is 2.02. The van der Waals surface area contributed by atoms with Gasteiger partial charge in [0.25, 0.3) is 5.91 Å². The summed E-state index contributed by atoms with van der Waals surface area (Å²) < 4.78 is 0.